The zero-order chi connectivity index (χ0) is 18.8. The highest BCUT2D eigenvalue weighted by Crippen LogP contribution is 2.23. The molecule has 0 atom stereocenters. The highest BCUT2D eigenvalue weighted by molar-refractivity contribution is 14.1. The van der Waals surface area contributed by atoms with E-state index in [9.17, 15) is 10.1 Å². The minimum Gasteiger partial charge on any atom is -0.493 e. The second-order valence-corrected chi connectivity index (χ2v) is 6.80. The zero-order valence-corrected chi connectivity index (χ0v) is 16.8. The molecule has 0 bridgehead atoms. The van der Waals surface area contributed by atoms with E-state index in [4.69, 9.17) is 4.74 Å². The molecule has 0 heterocycles. The predicted octanol–water partition coefficient (Wildman–Crippen LogP) is 4.35. The van der Waals surface area contributed by atoms with Gasteiger partial charge in [-0.15, -0.1) is 0 Å². The topological polar surface area (TPSA) is 62.1 Å². The molecule has 0 spiro atoms. The molecule has 0 saturated carbocycles. The Bertz CT molecular complexity index is 811. The van der Waals surface area contributed by atoms with Crippen LogP contribution in [0.2, 0.25) is 0 Å². The van der Waals surface area contributed by atoms with E-state index in [1.807, 2.05) is 49.4 Å². The molecule has 134 valence electrons. The lowest BCUT2D eigenvalue weighted by molar-refractivity contribution is -0.117. The van der Waals surface area contributed by atoms with Crippen molar-refractivity contribution in [3.05, 3.63) is 68.8 Å². The Hall–Kier alpha value is -2.33. The summed E-state index contributed by atoms with van der Waals surface area (Å²) in [7, 11) is 0. The first kappa shape index (κ1) is 20.0. The molecule has 0 aliphatic heterocycles. The Morgan fingerprint density at radius 2 is 2.04 bits per heavy atom. The average Bonchev–Trinajstić information content (AvgIpc) is 2.66. The molecular formula is C21H21IN2O2. The fourth-order valence-electron chi connectivity index (χ4n) is 2.43. The number of ether oxygens (including phenoxy) is 1. The van der Waals surface area contributed by atoms with Crippen LogP contribution in [-0.2, 0) is 11.2 Å². The van der Waals surface area contributed by atoms with Gasteiger partial charge < -0.3 is 10.1 Å². The van der Waals surface area contributed by atoms with Crippen LogP contribution in [0.25, 0.3) is 6.08 Å². The second-order valence-electron chi connectivity index (χ2n) is 5.64. The second kappa shape index (κ2) is 10.6. The third-order valence-electron chi connectivity index (χ3n) is 3.70. The van der Waals surface area contributed by atoms with Gasteiger partial charge in [0, 0.05) is 6.54 Å². The molecule has 0 saturated heterocycles. The van der Waals surface area contributed by atoms with E-state index >= 15 is 0 Å². The summed E-state index contributed by atoms with van der Waals surface area (Å²) in [5.41, 5.74) is 2.14. The van der Waals surface area contributed by atoms with E-state index in [1.54, 1.807) is 6.08 Å². The van der Waals surface area contributed by atoms with Gasteiger partial charge >= 0.3 is 0 Å². The Balaban J connectivity index is 1.92. The first-order valence-corrected chi connectivity index (χ1v) is 9.58. The Labute approximate surface area is 168 Å². The number of aryl methyl sites for hydroxylation is 1. The number of hydrogen-bond donors (Lipinski definition) is 1. The van der Waals surface area contributed by atoms with Gasteiger partial charge in [-0.1, -0.05) is 36.4 Å². The van der Waals surface area contributed by atoms with Gasteiger partial charge in [0.15, 0.2) is 0 Å². The maximum atomic E-state index is 12.2. The van der Waals surface area contributed by atoms with Crippen LogP contribution in [0.15, 0.2) is 54.1 Å². The first-order chi connectivity index (χ1) is 12.6. The molecule has 4 nitrogen and oxygen atoms in total. The molecule has 0 unspecified atom stereocenters. The van der Waals surface area contributed by atoms with Crippen molar-refractivity contribution in [2.45, 2.75) is 19.8 Å². The summed E-state index contributed by atoms with van der Waals surface area (Å²) in [6.07, 6.45) is 3.32. The van der Waals surface area contributed by atoms with Crippen molar-refractivity contribution in [2.75, 3.05) is 13.2 Å². The summed E-state index contributed by atoms with van der Waals surface area (Å²) in [4.78, 5) is 12.2. The Morgan fingerprint density at radius 3 is 2.69 bits per heavy atom. The quantitative estimate of drug-likeness (QED) is 0.276. The summed E-state index contributed by atoms with van der Waals surface area (Å²) >= 11 is 2.18. The number of hydrogen-bond acceptors (Lipinski definition) is 3. The van der Waals surface area contributed by atoms with Gasteiger partial charge in [0.05, 0.1) is 10.2 Å². The van der Waals surface area contributed by atoms with E-state index in [0.29, 0.717) is 13.2 Å². The summed E-state index contributed by atoms with van der Waals surface area (Å²) in [6.45, 7) is 3.06. The molecule has 0 aliphatic rings. The summed E-state index contributed by atoms with van der Waals surface area (Å²) < 4.78 is 6.44. The lowest BCUT2D eigenvalue weighted by Gasteiger charge is -2.07. The van der Waals surface area contributed by atoms with E-state index in [0.717, 1.165) is 27.7 Å². The smallest absolute Gasteiger partial charge is 0.261 e. The number of rotatable bonds is 8. The summed E-state index contributed by atoms with van der Waals surface area (Å²) in [5, 5.41) is 12.1. The largest absolute Gasteiger partial charge is 0.493 e. The molecule has 2 rings (SSSR count). The van der Waals surface area contributed by atoms with Crippen LogP contribution < -0.4 is 10.1 Å². The maximum absolute atomic E-state index is 12.2. The van der Waals surface area contributed by atoms with Crippen LogP contribution in [-0.4, -0.2) is 19.1 Å². The van der Waals surface area contributed by atoms with Crippen molar-refractivity contribution in [3.8, 4) is 11.8 Å². The Morgan fingerprint density at radius 1 is 1.27 bits per heavy atom. The van der Waals surface area contributed by atoms with Gasteiger partial charge in [0.1, 0.15) is 17.4 Å². The number of amides is 1. The van der Waals surface area contributed by atoms with Crippen LogP contribution in [0.1, 0.15) is 24.5 Å². The van der Waals surface area contributed by atoms with Gasteiger partial charge in [0.2, 0.25) is 0 Å². The fraction of sp³-hybridized carbons (Fsp3) is 0.238. The van der Waals surface area contributed by atoms with Gasteiger partial charge in [0.25, 0.3) is 5.91 Å². The molecule has 0 fully saturated rings. The molecule has 1 amide bonds. The SMILES string of the molecule is CCOc1ccc(/C=C(/C#N)C(=O)NCCCc2ccccc2)cc1I. The highest BCUT2D eigenvalue weighted by atomic mass is 127. The lowest BCUT2D eigenvalue weighted by atomic mass is 10.1. The summed E-state index contributed by atoms with van der Waals surface area (Å²) in [5.74, 6) is 0.457. The van der Waals surface area contributed by atoms with Gasteiger partial charge in [-0.2, -0.15) is 5.26 Å². The predicted molar refractivity (Wildman–Crippen MR) is 112 cm³/mol. The molecule has 26 heavy (non-hydrogen) atoms. The number of nitriles is 1. The van der Waals surface area contributed by atoms with Gasteiger partial charge in [-0.05, 0) is 71.7 Å². The molecule has 5 heteroatoms. The fourth-order valence-corrected chi connectivity index (χ4v) is 3.12. The number of carbonyl (C=O) groups is 1. The highest BCUT2D eigenvalue weighted by Gasteiger charge is 2.09. The summed E-state index contributed by atoms with van der Waals surface area (Å²) in [6, 6.07) is 17.7. The third kappa shape index (κ3) is 6.19. The van der Waals surface area contributed by atoms with Crippen LogP contribution >= 0.6 is 22.6 Å². The molecule has 2 aromatic rings. The maximum Gasteiger partial charge on any atom is 0.261 e. The molecule has 0 radical (unpaired) electrons. The lowest BCUT2D eigenvalue weighted by Crippen LogP contribution is -2.25. The van der Waals surface area contributed by atoms with E-state index in [2.05, 4.69) is 40.0 Å². The molecule has 0 aromatic heterocycles. The van der Waals surface area contributed by atoms with Crippen molar-refractivity contribution in [2.24, 2.45) is 0 Å². The number of benzene rings is 2. The molecule has 1 N–H and O–H groups in total. The molecule has 0 aliphatic carbocycles. The first-order valence-electron chi connectivity index (χ1n) is 8.50. The third-order valence-corrected chi connectivity index (χ3v) is 4.55. The minimum absolute atomic E-state index is 0.102. The average molecular weight is 460 g/mol. The van der Waals surface area contributed by atoms with Crippen LogP contribution in [0.5, 0.6) is 5.75 Å². The van der Waals surface area contributed by atoms with Crippen LogP contribution in [0.3, 0.4) is 0 Å². The normalized spacial score (nSPS) is 10.9. The monoisotopic (exact) mass is 460 g/mol. The van der Waals surface area contributed by atoms with E-state index in [1.165, 1.54) is 5.56 Å². The number of carbonyl (C=O) groups excluding carboxylic acids is 1. The van der Waals surface area contributed by atoms with Crippen molar-refractivity contribution >= 4 is 34.6 Å². The minimum atomic E-state index is -0.343. The van der Waals surface area contributed by atoms with E-state index in [-0.39, 0.29) is 11.5 Å². The van der Waals surface area contributed by atoms with Crippen molar-refractivity contribution in [1.82, 2.24) is 5.32 Å². The van der Waals surface area contributed by atoms with Crippen LogP contribution in [0.4, 0.5) is 0 Å². The van der Waals surface area contributed by atoms with Gasteiger partial charge in [-0.25, -0.2) is 0 Å². The van der Waals surface area contributed by atoms with E-state index < -0.39 is 0 Å². The standard InChI is InChI=1S/C21H21IN2O2/c1-2-26-20-11-10-17(14-19(20)22)13-18(15-23)21(25)24-12-6-9-16-7-4-3-5-8-16/h3-5,7-8,10-11,13-14H,2,6,9,12H2,1H3,(H,24,25)/b18-13-. The van der Waals surface area contributed by atoms with Crippen molar-refractivity contribution in [1.29, 1.82) is 5.26 Å². The number of nitrogens with zero attached hydrogens (tertiary/aromatic N) is 1. The molecular weight excluding hydrogens is 439 g/mol. The number of nitrogens with one attached hydrogen (secondary N) is 1. The molecule has 2 aromatic carbocycles. The number of halogens is 1. The van der Waals surface area contributed by atoms with Gasteiger partial charge in [-0.3, -0.25) is 4.79 Å². The van der Waals surface area contributed by atoms with Crippen molar-refractivity contribution < 1.29 is 9.53 Å². The Kier molecular flexibility index (Phi) is 8.16. The van der Waals surface area contributed by atoms with Crippen molar-refractivity contribution in [3.63, 3.8) is 0 Å². The van der Waals surface area contributed by atoms with Crippen LogP contribution in [0, 0.1) is 14.9 Å². The zero-order valence-electron chi connectivity index (χ0n) is 14.7.